The van der Waals surface area contributed by atoms with Crippen molar-refractivity contribution in [3.05, 3.63) is 41.7 Å². The number of aromatic nitrogens is 3. The Morgan fingerprint density at radius 2 is 2.00 bits per heavy atom. The first-order valence-corrected chi connectivity index (χ1v) is 6.00. The molecule has 1 aromatic carbocycles. The molecular formula is C13H10F3N5. The molecule has 0 aliphatic heterocycles. The van der Waals surface area contributed by atoms with Gasteiger partial charge in [-0.15, -0.1) is 0 Å². The summed E-state index contributed by atoms with van der Waals surface area (Å²) in [6, 6.07) is 6.95. The van der Waals surface area contributed by atoms with Gasteiger partial charge < -0.3 is 11.1 Å². The average Bonchev–Trinajstić information content (AvgIpc) is 2.82. The maximum atomic E-state index is 13.9. The van der Waals surface area contributed by atoms with E-state index < -0.39 is 17.8 Å². The predicted octanol–water partition coefficient (Wildman–Crippen LogP) is 3.36. The van der Waals surface area contributed by atoms with Crippen LogP contribution in [0.3, 0.4) is 0 Å². The van der Waals surface area contributed by atoms with Gasteiger partial charge in [0.25, 0.3) is 6.43 Å². The van der Waals surface area contributed by atoms with Gasteiger partial charge >= 0.3 is 0 Å². The average molecular weight is 293 g/mol. The molecule has 108 valence electrons. The molecule has 2 aromatic heterocycles. The van der Waals surface area contributed by atoms with E-state index >= 15 is 0 Å². The number of alkyl halides is 2. The summed E-state index contributed by atoms with van der Waals surface area (Å²) in [6.07, 6.45) is -2.88. The van der Waals surface area contributed by atoms with Crippen LogP contribution < -0.4 is 11.1 Å². The Kier molecular flexibility index (Phi) is 3.13. The van der Waals surface area contributed by atoms with Gasteiger partial charge in [-0.2, -0.15) is 5.10 Å². The second-order valence-corrected chi connectivity index (χ2v) is 4.34. The summed E-state index contributed by atoms with van der Waals surface area (Å²) >= 11 is 0. The summed E-state index contributed by atoms with van der Waals surface area (Å²) in [4.78, 5) is 4.12. The van der Waals surface area contributed by atoms with Crippen LogP contribution in [0.4, 0.5) is 30.5 Å². The molecule has 5 nitrogen and oxygen atoms in total. The Labute approximate surface area is 117 Å². The normalized spacial score (nSPS) is 11.2. The van der Waals surface area contributed by atoms with Gasteiger partial charge in [-0.3, -0.25) is 5.10 Å². The maximum absolute atomic E-state index is 13.9. The van der Waals surface area contributed by atoms with E-state index in [-0.39, 0.29) is 11.5 Å². The number of rotatable bonds is 3. The van der Waals surface area contributed by atoms with E-state index in [1.165, 1.54) is 12.1 Å². The second kappa shape index (κ2) is 4.97. The highest BCUT2D eigenvalue weighted by Crippen LogP contribution is 2.28. The van der Waals surface area contributed by atoms with Crippen molar-refractivity contribution >= 4 is 28.4 Å². The molecule has 8 heteroatoms. The minimum absolute atomic E-state index is 0.0804. The van der Waals surface area contributed by atoms with Gasteiger partial charge in [0, 0.05) is 0 Å². The summed E-state index contributed by atoms with van der Waals surface area (Å²) < 4.78 is 39.2. The van der Waals surface area contributed by atoms with Gasteiger partial charge in [-0.1, -0.05) is 12.1 Å². The first-order valence-electron chi connectivity index (χ1n) is 6.00. The smallest absolute Gasteiger partial charge is 0.266 e. The van der Waals surface area contributed by atoms with Crippen molar-refractivity contribution in [2.75, 3.05) is 11.1 Å². The van der Waals surface area contributed by atoms with Gasteiger partial charge in [0.1, 0.15) is 11.6 Å². The molecular weight excluding hydrogens is 283 g/mol. The maximum Gasteiger partial charge on any atom is 0.266 e. The number of hydrogen-bond acceptors (Lipinski definition) is 4. The number of hydrogen-bond donors (Lipinski definition) is 3. The highest BCUT2D eigenvalue weighted by atomic mass is 19.3. The van der Waals surface area contributed by atoms with E-state index in [4.69, 9.17) is 5.73 Å². The molecule has 0 saturated carbocycles. The largest absolute Gasteiger partial charge is 0.384 e. The molecule has 0 saturated heterocycles. The van der Waals surface area contributed by atoms with E-state index in [1.54, 1.807) is 12.1 Å². The number of nitrogens with zero attached hydrogens (tertiary/aromatic N) is 2. The molecule has 21 heavy (non-hydrogen) atoms. The fourth-order valence-electron chi connectivity index (χ4n) is 1.94. The number of H-pyrrole nitrogens is 1. The molecule has 3 rings (SSSR count). The zero-order chi connectivity index (χ0) is 15.0. The molecule has 0 aliphatic rings. The van der Waals surface area contributed by atoms with Crippen LogP contribution in [0.15, 0.2) is 30.3 Å². The highest BCUT2D eigenvalue weighted by Gasteiger charge is 2.16. The number of fused-ring (bicyclic) bond motifs is 1. The van der Waals surface area contributed by atoms with Crippen molar-refractivity contribution in [1.82, 2.24) is 15.2 Å². The van der Waals surface area contributed by atoms with Crippen molar-refractivity contribution in [1.29, 1.82) is 0 Å². The molecule has 0 amide bonds. The topological polar surface area (TPSA) is 79.6 Å². The quantitative estimate of drug-likeness (QED) is 0.691. The number of anilines is 3. The Morgan fingerprint density at radius 1 is 1.19 bits per heavy atom. The lowest BCUT2D eigenvalue weighted by Gasteiger charge is -2.09. The van der Waals surface area contributed by atoms with Crippen LogP contribution in [0.25, 0.3) is 11.0 Å². The van der Waals surface area contributed by atoms with E-state index in [9.17, 15) is 13.2 Å². The predicted molar refractivity (Wildman–Crippen MR) is 72.9 cm³/mol. The van der Waals surface area contributed by atoms with E-state index in [0.29, 0.717) is 16.9 Å². The number of pyridine rings is 1. The van der Waals surface area contributed by atoms with Gasteiger partial charge in [-0.25, -0.2) is 18.2 Å². The molecule has 0 bridgehead atoms. The first-order chi connectivity index (χ1) is 10.1. The molecule has 3 aromatic rings. The minimum Gasteiger partial charge on any atom is -0.384 e. The van der Waals surface area contributed by atoms with E-state index in [2.05, 4.69) is 20.5 Å². The van der Waals surface area contributed by atoms with Crippen LogP contribution in [0.2, 0.25) is 0 Å². The lowest BCUT2D eigenvalue weighted by Crippen LogP contribution is -2.00. The molecule has 4 N–H and O–H groups in total. The lowest BCUT2D eigenvalue weighted by molar-refractivity contribution is 0.146. The Hall–Kier alpha value is -2.77. The van der Waals surface area contributed by atoms with Crippen molar-refractivity contribution in [3.63, 3.8) is 0 Å². The summed E-state index contributed by atoms with van der Waals surface area (Å²) in [5.74, 6) is -0.356. The third kappa shape index (κ3) is 2.35. The van der Waals surface area contributed by atoms with Crippen molar-refractivity contribution in [3.8, 4) is 0 Å². The Balaban J connectivity index is 1.96. The fraction of sp³-hybridized carbons (Fsp3) is 0.0769. The van der Waals surface area contributed by atoms with Crippen LogP contribution in [-0.4, -0.2) is 15.2 Å². The van der Waals surface area contributed by atoms with Crippen LogP contribution in [0.1, 0.15) is 12.0 Å². The minimum atomic E-state index is -2.88. The fourth-order valence-corrected chi connectivity index (χ4v) is 1.94. The number of benzene rings is 1. The number of nitrogens with one attached hydrogen (secondary N) is 2. The molecule has 0 aliphatic carbocycles. The highest BCUT2D eigenvalue weighted by molar-refractivity contribution is 5.87. The van der Waals surface area contributed by atoms with Gasteiger partial charge in [0.05, 0.1) is 16.6 Å². The van der Waals surface area contributed by atoms with Crippen LogP contribution in [0.5, 0.6) is 0 Å². The van der Waals surface area contributed by atoms with E-state index in [1.807, 2.05) is 0 Å². The molecule has 0 fully saturated rings. The summed E-state index contributed by atoms with van der Waals surface area (Å²) in [7, 11) is 0. The first kappa shape index (κ1) is 13.2. The SMILES string of the molecule is Nc1[nH]nc2nc(Nc3cccc(C(F)F)c3F)ccc12. The number of nitrogens with two attached hydrogens (primary N) is 1. The molecule has 0 spiro atoms. The third-order valence-electron chi connectivity index (χ3n) is 2.97. The summed E-state index contributed by atoms with van der Waals surface area (Å²) in [5.41, 5.74) is 5.24. The zero-order valence-electron chi connectivity index (χ0n) is 10.6. The molecule has 0 atom stereocenters. The van der Waals surface area contributed by atoms with Gasteiger partial charge in [0.2, 0.25) is 0 Å². The number of nitrogen functional groups attached to an aromatic ring is 1. The molecule has 0 radical (unpaired) electrons. The second-order valence-electron chi connectivity index (χ2n) is 4.34. The monoisotopic (exact) mass is 293 g/mol. The number of aromatic amines is 1. The molecule has 0 unspecified atom stereocenters. The van der Waals surface area contributed by atoms with Crippen molar-refractivity contribution in [2.24, 2.45) is 0 Å². The van der Waals surface area contributed by atoms with Crippen LogP contribution in [0, 0.1) is 5.82 Å². The summed E-state index contributed by atoms with van der Waals surface area (Å²) in [5, 5.41) is 9.72. The van der Waals surface area contributed by atoms with Crippen LogP contribution >= 0.6 is 0 Å². The van der Waals surface area contributed by atoms with E-state index in [0.717, 1.165) is 6.07 Å². The molecule has 2 heterocycles. The van der Waals surface area contributed by atoms with Crippen molar-refractivity contribution < 1.29 is 13.2 Å². The van der Waals surface area contributed by atoms with Gasteiger partial charge in [0.15, 0.2) is 11.5 Å². The van der Waals surface area contributed by atoms with Crippen molar-refractivity contribution in [2.45, 2.75) is 6.43 Å². The summed E-state index contributed by atoms with van der Waals surface area (Å²) in [6.45, 7) is 0. The third-order valence-corrected chi connectivity index (χ3v) is 2.97. The Morgan fingerprint density at radius 3 is 2.76 bits per heavy atom. The zero-order valence-corrected chi connectivity index (χ0v) is 10.6. The Bertz CT molecular complexity index is 800. The van der Waals surface area contributed by atoms with Crippen LogP contribution in [-0.2, 0) is 0 Å². The van der Waals surface area contributed by atoms with Gasteiger partial charge in [-0.05, 0) is 18.2 Å². The standard InChI is InChI=1S/C13H10F3N5/c14-10-6(11(15)16)2-1-3-8(10)18-9-5-4-7-12(17)20-21-13(7)19-9/h1-5,11H,(H4,17,18,19,20,21). The number of halogens is 3. The lowest BCUT2D eigenvalue weighted by atomic mass is 10.2.